The molecule has 4 rings (SSSR count). The van der Waals surface area contributed by atoms with Gasteiger partial charge in [-0.25, -0.2) is 0 Å². The minimum absolute atomic E-state index is 0. The summed E-state index contributed by atoms with van der Waals surface area (Å²) in [5.74, 6) is -1.49. The topological polar surface area (TPSA) is 80.1 Å². The van der Waals surface area contributed by atoms with E-state index in [4.69, 9.17) is 0 Å². The van der Waals surface area contributed by atoms with Crippen molar-refractivity contribution < 1.29 is 22.5 Å². The Morgan fingerprint density at radius 1 is 1.22 bits per heavy atom. The highest BCUT2D eigenvalue weighted by Crippen LogP contribution is 2.58. The van der Waals surface area contributed by atoms with Gasteiger partial charge in [0.05, 0.1) is 0 Å². The molecule has 1 aromatic carbocycles. The predicted molar refractivity (Wildman–Crippen MR) is 93.3 cm³/mol. The van der Waals surface area contributed by atoms with Gasteiger partial charge in [-0.1, -0.05) is 5.16 Å². The van der Waals surface area contributed by atoms with Crippen molar-refractivity contribution in [2.45, 2.75) is 25.4 Å². The molecule has 1 unspecified atom stereocenters. The third-order valence-corrected chi connectivity index (χ3v) is 5.18. The molecule has 2 N–H and O–H groups in total. The van der Waals surface area contributed by atoms with Crippen LogP contribution in [0.1, 0.15) is 25.2 Å². The van der Waals surface area contributed by atoms with Crippen LogP contribution >= 0.6 is 12.4 Å². The highest BCUT2D eigenvalue weighted by Gasteiger charge is 2.57. The number of carbonyl (C=O) groups is 1. The summed E-state index contributed by atoms with van der Waals surface area (Å²) < 4.78 is 41.7. The second-order valence-corrected chi connectivity index (χ2v) is 6.86. The number of hydrogen-bond acceptors (Lipinski definition) is 5. The molecule has 1 spiro atoms. The van der Waals surface area contributed by atoms with Gasteiger partial charge in [0.1, 0.15) is 0 Å². The van der Waals surface area contributed by atoms with Crippen LogP contribution in [0.2, 0.25) is 0 Å². The number of aromatic nitrogens is 2. The Bertz CT molecular complexity index is 816. The van der Waals surface area contributed by atoms with Crippen molar-refractivity contribution >= 4 is 24.0 Å². The van der Waals surface area contributed by atoms with E-state index in [0.29, 0.717) is 11.3 Å². The molecule has 1 aliphatic carbocycles. The van der Waals surface area contributed by atoms with Crippen LogP contribution in [0.15, 0.2) is 28.8 Å². The van der Waals surface area contributed by atoms with Gasteiger partial charge >= 0.3 is 12.1 Å². The average molecular weight is 403 g/mol. The minimum Gasteiger partial charge on any atom is -0.329 e. The lowest BCUT2D eigenvalue weighted by Gasteiger charge is -2.23. The second-order valence-electron chi connectivity index (χ2n) is 6.86. The Labute approximate surface area is 159 Å². The van der Waals surface area contributed by atoms with E-state index in [1.807, 2.05) is 0 Å². The first-order valence-electron chi connectivity index (χ1n) is 8.40. The van der Waals surface area contributed by atoms with E-state index in [9.17, 15) is 18.0 Å². The molecule has 1 saturated heterocycles. The van der Waals surface area contributed by atoms with Gasteiger partial charge in [0.2, 0.25) is 11.7 Å². The number of halogens is 4. The fourth-order valence-corrected chi connectivity index (χ4v) is 3.58. The molecule has 2 fully saturated rings. The van der Waals surface area contributed by atoms with Crippen LogP contribution < -0.4 is 10.6 Å². The average Bonchev–Trinajstić information content (AvgIpc) is 3.07. The fraction of sp³-hybridized carbons (Fsp3) is 0.471. The summed E-state index contributed by atoms with van der Waals surface area (Å²) in [6.45, 7) is 1.90. The number of anilines is 1. The molecule has 0 radical (unpaired) electrons. The Hall–Kier alpha value is -2.13. The number of hydrogen-bond donors (Lipinski definition) is 2. The van der Waals surface area contributed by atoms with Crippen molar-refractivity contribution in [3.05, 3.63) is 30.2 Å². The van der Waals surface area contributed by atoms with Crippen LogP contribution in [-0.4, -0.2) is 29.1 Å². The fourth-order valence-electron chi connectivity index (χ4n) is 3.58. The van der Waals surface area contributed by atoms with Gasteiger partial charge in [-0.3, -0.25) is 4.79 Å². The summed E-state index contributed by atoms with van der Waals surface area (Å²) in [5.41, 5.74) is 1.12. The number of rotatable bonds is 3. The Kier molecular flexibility index (Phi) is 5.18. The van der Waals surface area contributed by atoms with E-state index in [1.165, 1.54) is 0 Å². The Morgan fingerprint density at radius 3 is 2.48 bits per heavy atom. The van der Waals surface area contributed by atoms with E-state index < -0.39 is 12.1 Å². The number of carbonyl (C=O) groups excluding carboxylic acids is 1. The summed E-state index contributed by atoms with van der Waals surface area (Å²) in [5, 5.41) is 9.52. The molecule has 146 valence electrons. The lowest BCUT2D eigenvalue weighted by Crippen LogP contribution is -2.31. The number of alkyl halides is 3. The van der Waals surface area contributed by atoms with Gasteiger partial charge in [0.25, 0.3) is 0 Å². The molecule has 2 aromatic rings. The summed E-state index contributed by atoms with van der Waals surface area (Å²) in [4.78, 5) is 15.8. The smallest absolute Gasteiger partial charge is 0.329 e. The molecular formula is C17H18ClF3N4O2. The van der Waals surface area contributed by atoms with Crippen molar-refractivity contribution in [3.63, 3.8) is 0 Å². The lowest BCUT2D eigenvalue weighted by molar-refractivity contribution is -0.159. The third-order valence-electron chi connectivity index (χ3n) is 5.18. The number of amides is 1. The summed E-state index contributed by atoms with van der Waals surface area (Å²) in [6.07, 6.45) is -1.72. The lowest BCUT2D eigenvalue weighted by atomic mass is 9.92. The predicted octanol–water partition coefficient (Wildman–Crippen LogP) is 3.51. The molecule has 10 heteroatoms. The highest BCUT2D eigenvalue weighted by atomic mass is 35.5. The monoisotopic (exact) mass is 402 g/mol. The Balaban J connectivity index is 0.00000210. The molecular weight excluding hydrogens is 385 g/mol. The molecule has 1 amide bonds. The molecule has 1 aliphatic heterocycles. The van der Waals surface area contributed by atoms with Gasteiger partial charge in [0.15, 0.2) is 0 Å². The summed E-state index contributed by atoms with van der Waals surface area (Å²) in [6, 6.07) is 6.34. The van der Waals surface area contributed by atoms with Crippen LogP contribution in [-0.2, 0) is 11.0 Å². The maximum Gasteiger partial charge on any atom is 0.471 e. The summed E-state index contributed by atoms with van der Waals surface area (Å²) >= 11 is 0. The normalized spacial score (nSPS) is 20.8. The standard InChI is InChI=1S/C17H17F3N4O2.ClH/c18-17(19,20)15-23-13(24-26-15)10-1-3-11(4-2-10)22-14(25)12-9-16(12)5-7-21-8-6-16;/h1-4,12,21H,5-9H2,(H,22,25);1H. The van der Waals surface area contributed by atoms with E-state index in [0.717, 1.165) is 32.4 Å². The van der Waals surface area contributed by atoms with Crippen LogP contribution in [0.4, 0.5) is 18.9 Å². The van der Waals surface area contributed by atoms with Crippen molar-refractivity contribution in [1.82, 2.24) is 15.5 Å². The maximum atomic E-state index is 12.5. The largest absolute Gasteiger partial charge is 0.471 e. The molecule has 2 aliphatic rings. The van der Waals surface area contributed by atoms with Crippen molar-refractivity contribution in [2.24, 2.45) is 11.3 Å². The Morgan fingerprint density at radius 2 is 1.89 bits per heavy atom. The number of nitrogens with zero attached hydrogens (tertiary/aromatic N) is 2. The number of benzene rings is 1. The maximum absolute atomic E-state index is 12.5. The third kappa shape index (κ3) is 3.93. The van der Waals surface area contributed by atoms with Crippen molar-refractivity contribution in [3.8, 4) is 11.4 Å². The second kappa shape index (κ2) is 7.12. The zero-order chi connectivity index (χ0) is 18.4. The van der Waals surface area contributed by atoms with Crippen LogP contribution in [0.3, 0.4) is 0 Å². The van der Waals surface area contributed by atoms with Gasteiger partial charge in [-0.15, -0.1) is 12.4 Å². The number of piperidine rings is 1. The van der Waals surface area contributed by atoms with Crippen molar-refractivity contribution in [1.29, 1.82) is 0 Å². The van der Waals surface area contributed by atoms with Crippen molar-refractivity contribution in [2.75, 3.05) is 18.4 Å². The van der Waals surface area contributed by atoms with Crippen LogP contribution in [0.25, 0.3) is 11.4 Å². The van der Waals surface area contributed by atoms with Crippen LogP contribution in [0.5, 0.6) is 0 Å². The number of nitrogens with one attached hydrogen (secondary N) is 2. The van der Waals surface area contributed by atoms with Gasteiger partial charge in [-0.05, 0) is 62.0 Å². The first kappa shape index (κ1) is 19.6. The zero-order valence-corrected chi connectivity index (χ0v) is 15.0. The van der Waals surface area contributed by atoms with Crippen LogP contribution in [0, 0.1) is 11.3 Å². The van der Waals surface area contributed by atoms with E-state index in [1.54, 1.807) is 24.3 Å². The molecule has 1 aromatic heterocycles. The van der Waals surface area contributed by atoms with Gasteiger partial charge in [-0.2, -0.15) is 18.2 Å². The SMILES string of the molecule is Cl.O=C(Nc1ccc(-c2noc(C(F)(F)F)n2)cc1)C1CC12CCNCC2. The molecule has 27 heavy (non-hydrogen) atoms. The molecule has 6 nitrogen and oxygen atoms in total. The molecule has 1 saturated carbocycles. The van der Waals surface area contributed by atoms with Gasteiger partial charge < -0.3 is 15.2 Å². The highest BCUT2D eigenvalue weighted by molar-refractivity contribution is 5.95. The first-order chi connectivity index (χ1) is 12.4. The molecule has 0 bridgehead atoms. The molecule has 1 atom stereocenters. The first-order valence-corrected chi connectivity index (χ1v) is 8.40. The van der Waals surface area contributed by atoms with E-state index in [2.05, 4.69) is 25.3 Å². The molecule has 2 heterocycles. The van der Waals surface area contributed by atoms with E-state index >= 15 is 0 Å². The quantitative estimate of drug-likeness (QED) is 0.821. The minimum atomic E-state index is -4.67. The van der Waals surface area contributed by atoms with Gasteiger partial charge in [0, 0.05) is 17.2 Å². The van der Waals surface area contributed by atoms with E-state index in [-0.39, 0.29) is 35.5 Å². The summed E-state index contributed by atoms with van der Waals surface area (Å²) in [7, 11) is 0. The zero-order valence-electron chi connectivity index (χ0n) is 14.2.